The maximum Gasteiger partial charge on any atom is 0.255 e. The Bertz CT molecular complexity index is 1040. The van der Waals surface area contributed by atoms with Gasteiger partial charge in [0.1, 0.15) is 0 Å². The lowest BCUT2D eigenvalue weighted by atomic mass is 9.99. The van der Waals surface area contributed by atoms with Crippen LogP contribution in [0.4, 0.5) is 0 Å². The molecule has 0 unspecified atom stereocenters. The summed E-state index contributed by atoms with van der Waals surface area (Å²) < 4.78 is 0. The van der Waals surface area contributed by atoms with E-state index >= 15 is 0 Å². The van der Waals surface area contributed by atoms with Crippen LogP contribution in [0.15, 0.2) is 67.0 Å². The molecule has 5 nitrogen and oxygen atoms in total. The second kappa shape index (κ2) is 7.75. The van der Waals surface area contributed by atoms with Gasteiger partial charge in [-0.15, -0.1) is 0 Å². The zero-order chi connectivity index (χ0) is 20.5. The summed E-state index contributed by atoms with van der Waals surface area (Å²) in [6, 6.07) is 18.2. The molecule has 0 atom stereocenters. The molecule has 3 heterocycles. The van der Waals surface area contributed by atoms with Crippen molar-refractivity contribution < 1.29 is 9.59 Å². The zero-order valence-corrected chi connectivity index (χ0v) is 16.8. The van der Waals surface area contributed by atoms with Crippen molar-refractivity contribution in [3.63, 3.8) is 0 Å². The van der Waals surface area contributed by atoms with Gasteiger partial charge in [-0.1, -0.05) is 48.5 Å². The van der Waals surface area contributed by atoms with Gasteiger partial charge in [-0.05, 0) is 41.2 Å². The first-order chi connectivity index (χ1) is 14.7. The number of hydrogen-bond acceptors (Lipinski definition) is 3. The maximum absolute atomic E-state index is 13.1. The average Bonchev–Trinajstić information content (AvgIpc) is 2.82. The minimum atomic E-state index is -0.0735. The standard InChI is InChI=1S/C25H23N3O2/c29-24(27-11-9-18-5-1-3-7-20(18)16-27)22-13-23(15-26-14-22)25(30)28-12-10-19-6-2-4-8-21(19)17-28/h1-8,13-15H,9-12,16-17H2. The number of amides is 2. The number of nitrogens with zero attached hydrogens (tertiary/aromatic N) is 3. The Kier molecular flexibility index (Phi) is 4.79. The molecule has 30 heavy (non-hydrogen) atoms. The highest BCUT2D eigenvalue weighted by Gasteiger charge is 2.25. The topological polar surface area (TPSA) is 53.5 Å². The minimum absolute atomic E-state index is 0.0735. The van der Waals surface area contributed by atoms with Crippen LogP contribution in [0.3, 0.4) is 0 Å². The number of rotatable bonds is 2. The number of hydrogen-bond donors (Lipinski definition) is 0. The van der Waals surface area contributed by atoms with Crippen LogP contribution in [-0.2, 0) is 25.9 Å². The van der Waals surface area contributed by atoms with Crippen LogP contribution in [0, 0.1) is 0 Å². The second-order valence-electron chi connectivity index (χ2n) is 7.95. The third-order valence-electron chi connectivity index (χ3n) is 6.07. The fourth-order valence-corrected chi connectivity index (χ4v) is 4.38. The fraction of sp³-hybridized carbons (Fsp3) is 0.240. The molecule has 1 aromatic heterocycles. The Balaban J connectivity index is 1.33. The third kappa shape index (κ3) is 3.47. The molecule has 3 aromatic rings. The smallest absolute Gasteiger partial charge is 0.255 e. The van der Waals surface area contributed by atoms with Crippen LogP contribution >= 0.6 is 0 Å². The van der Waals surface area contributed by atoms with Crippen LogP contribution in [0.2, 0.25) is 0 Å². The maximum atomic E-state index is 13.1. The first kappa shape index (κ1) is 18.6. The highest BCUT2D eigenvalue weighted by molar-refractivity contribution is 5.99. The molecule has 2 aliphatic rings. The lowest BCUT2D eigenvalue weighted by molar-refractivity contribution is 0.0732. The van der Waals surface area contributed by atoms with Gasteiger partial charge in [0.2, 0.25) is 0 Å². The number of carbonyl (C=O) groups excluding carboxylic acids is 2. The summed E-state index contributed by atoms with van der Waals surface area (Å²) in [6.45, 7) is 2.54. The van der Waals surface area contributed by atoms with Crippen molar-refractivity contribution in [1.29, 1.82) is 0 Å². The van der Waals surface area contributed by atoms with E-state index in [0.29, 0.717) is 37.3 Å². The molecular formula is C25H23N3O2. The van der Waals surface area contributed by atoms with Gasteiger partial charge in [0, 0.05) is 38.6 Å². The molecule has 5 heteroatoms. The van der Waals surface area contributed by atoms with Crippen LogP contribution in [0.25, 0.3) is 0 Å². The Hall–Kier alpha value is -3.47. The summed E-state index contributed by atoms with van der Waals surface area (Å²) in [5, 5.41) is 0. The predicted molar refractivity (Wildman–Crippen MR) is 114 cm³/mol. The van der Waals surface area contributed by atoms with Gasteiger partial charge in [-0.25, -0.2) is 0 Å². The Morgan fingerprint density at radius 2 is 1.10 bits per heavy atom. The van der Waals surface area contributed by atoms with E-state index in [0.717, 1.165) is 12.8 Å². The Morgan fingerprint density at radius 3 is 1.57 bits per heavy atom. The lowest BCUT2D eigenvalue weighted by Crippen LogP contribution is -2.37. The van der Waals surface area contributed by atoms with Gasteiger partial charge in [0.05, 0.1) is 11.1 Å². The summed E-state index contributed by atoms with van der Waals surface area (Å²) in [7, 11) is 0. The van der Waals surface area contributed by atoms with E-state index in [2.05, 4.69) is 29.2 Å². The molecule has 0 N–H and O–H groups in total. The molecule has 0 bridgehead atoms. The van der Waals surface area contributed by atoms with Crippen LogP contribution in [0.5, 0.6) is 0 Å². The first-order valence-electron chi connectivity index (χ1n) is 10.4. The molecule has 150 valence electrons. The summed E-state index contributed by atoms with van der Waals surface area (Å²) in [5.41, 5.74) is 5.91. The molecule has 0 saturated carbocycles. The molecule has 2 aromatic carbocycles. The number of fused-ring (bicyclic) bond motifs is 2. The third-order valence-corrected chi connectivity index (χ3v) is 6.07. The minimum Gasteiger partial charge on any atom is -0.334 e. The number of carbonyl (C=O) groups is 2. The summed E-state index contributed by atoms with van der Waals surface area (Å²) in [4.78, 5) is 34.1. The van der Waals surface area contributed by atoms with Crippen molar-refractivity contribution in [3.8, 4) is 0 Å². The number of aromatic nitrogens is 1. The summed E-state index contributed by atoms with van der Waals surface area (Å²) >= 11 is 0. The van der Waals surface area contributed by atoms with E-state index in [1.807, 2.05) is 34.1 Å². The molecule has 5 rings (SSSR count). The Morgan fingerprint density at radius 1 is 0.667 bits per heavy atom. The van der Waals surface area contributed by atoms with E-state index in [1.165, 1.54) is 22.3 Å². The second-order valence-corrected chi connectivity index (χ2v) is 7.95. The highest BCUT2D eigenvalue weighted by Crippen LogP contribution is 2.22. The van der Waals surface area contributed by atoms with Crippen molar-refractivity contribution in [2.24, 2.45) is 0 Å². The first-order valence-corrected chi connectivity index (χ1v) is 10.4. The average molecular weight is 397 g/mol. The van der Waals surface area contributed by atoms with E-state index < -0.39 is 0 Å². The van der Waals surface area contributed by atoms with Crippen LogP contribution < -0.4 is 0 Å². The van der Waals surface area contributed by atoms with Gasteiger partial charge in [-0.2, -0.15) is 0 Å². The molecule has 0 fully saturated rings. The van der Waals surface area contributed by atoms with Gasteiger partial charge in [0.15, 0.2) is 0 Å². The van der Waals surface area contributed by atoms with Crippen molar-refractivity contribution in [1.82, 2.24) is 14.8 Å². The van der Waals surface area contributed by atoms with E-state index in [-0.39, 0.29) is 11.8 Å². The van der Waals surface area contributed by atoms with Crippen LogP contribution in [-0.4, -0.2) is 39.7 Å². The van der Waals surface area contributed by atoms with Crippen molar-refractivity contribution >= 4 is 11.8 Å². The van der Waals surface area contributed by atoms with Crippen molar-refractivity contribution in [2.75, 3.05) is 13.1 Å². The fourth-order valence-electron chi connectivity index (χ4n) is 4.38. The lowest BCUT2D eigenvalue weighted by Gasteiger charge is -2.30. The van der Waals surface area contributed by atoms with Gasteiger partial charge in [0.25, 0.3) is 11.8 Å². The molecule has 0 radical (unpaired) electrons. The quantitative estimate of drug-likeness (QED) is 0.665. The van der Waals surface area contributed by atoms with Crippen molar-refractivity contribution in [2.45, 2.75) is 25.9 Å². The normalized spacial score (nSPS) is 15.3. The zero-order valence-electron chi connectivity index (χ0n) is 16.8. The number of benzene rings is 2. The molecule has 0 saturated heterocycles. The SMILES string of the molecule is O=C(c1cncc(C(=O)N2CCc3ccccc3C2)c1)N1CCc2ccccc2C1. The van der Waals surface area contributed by atoms with Crippen LogP contribution in [0.1, 0.15) is 43.0 Å². The van der Waals surface area contributed by atoms with Crippen molar-refractivity contribution in [3.05, 3.63) is 100 Å². The number of pyridine rings is 1. The highest BCUT2D eigenvalue weighted by atomic mass is 16.2. The monoisotopic (exact) mass is 397 g/mol. The van der Waals surface area contributed by atoms with Gasteiger partial charge in [-0.3, -0.25) is 14.6 Å². The molecule has 2 amide bonds. The van der Waals surface area contributed by atoms with E-state index in [4.69, 9.17) is 0 Å². The predicted octanol–water partition coefficient (Wildman–Crippen LogP) is 3.48. The van der Waals surface area contributed by atoms with Gasteiger partial charge < -0.3 is 9.80 Å². The summed E-state index contributed by atoms with van der Waals surface area (Å²) in [5.74, 6) is -0.147. The summed E-state index contributed by atoms with van der Waals surface area (Å²) in [6.07, 6.45) is 4.82. The Labute approximate surface area is 176 Å². The van der Waals surface area contributed by atoms with E-state index in [9.17, 15) is 9.59 Å². The molecular weight excluding hydrogens is 374 g/mol. The molecule has 0 aliphatic carbocycles. The van der Waals surface area contributed by atoms with Gasteiger partial charge >= 0.3 is 0 Å². The molecule has 2 aliphatic heterocycles. The van der Waals surface area contributed by atoms with E-state index in [1.54, 1.807) is 18.5 Å². The molecule has 0 spiro atoms. The largest absolute Gasteiger partial charge is 0.334 e.